The fourth-order valence-electron chi connectivity index (χ4n) is 3.10. The average Bonchev–Trinajstić information content (AvgIpc) is 2.70. The first kappa shape index (κ1) is 18.2. The van der Waals surface area contributed by atoms with Crippen molar-refractivity contribution in [3.8, 4) is 12.3 Å². The summed E-state index contributed by atoms with van der Waals surface area (Å²) in [6, 6.07) is 14.1. The van der Waals surface area contributed by atoms with Crippen molar-refractivity contribution in [2.45, 2.75) is 12.3 Å². The van der Waals surface area contributed by atoms with Crippen LogP contribution in [-0.2, 0) is 14.4 Å². The van der Waals surface area contributed by atoms with Gasteiger partial charge in [-0.3, -0.25) is 14.4 Å². The number of benzene rings is 2. The van der Waals surface area contributed by atoms with Gasteiger partial charge in [-0.05, 0) is 29.8 Å². The van der Waals surface area contributed by atoms with Crippen LogP contribution < -0.4 is 15.5 Å². The second kappa shape index (κ2) is 7.75. The highest BCUT2D eigenvalue weighted by Crippen LogP contribution is 2.34. The normalized spacial score (nSPS) is 15.1. The number of amides is 3. The van der Waals surface area contributed by atoms with Crippen LogP contribution in [0.15, 0.2) is 48.5 Å². The standard InChI is InChI=1S/C21H19N3O3/c1-3-14-7-6-8-15(11-14)24(13-20(26)22-2)21(27)17-12-19(25)23-18-10-5-4-9-16(17)18/h1,4-11,17H,12-13H2,2H3,(H,22,26)(H,23,25)/t17-/m1/s1. The molecule has 2 aromatic carbocycles. The molecular formula is C21H19N3O3. The summed E-state index contributed by atoms with van der Waals surface area (Å²) in [5.74, 6) is 0.983. The van der Waals surface area contributed by atoms with Gasteiger partial charge in [0, 0.05) is 30.4 Å². The summed E-state index contributed by atoms with van der Waals surface area (Å²) >= 11 is 0. The van der Waals surface area contributed by atoms with Crippen LogP contribution in [0.4, 0.5) is 11.4 Å². The summed E-state index contributed by atoms with van der Waals surface area (Å²) in [4.78, 5) is 38.9. The molecule has 1 heterocycles. The molecule has 0 radical (unpaired) electrons. The zero-order valence-corrected chi connectivity index (χ0v) is 14.9. The molecule has 1 aliphatic heterocycles. The van der Waals surface area contributed by atoms with Crippen LogP contribution in [0, 0.1) is 12.3 Å². The van der Waals surface area contributed by atoms with Crippen molar-refractivity contribution in [3.05, 3.63) is 59.7 Å². The van der Waals surface area contributed by atoms with E-state index in [2.05, 4.69) is 16.6 Å². The lowest BCUT2D eigenvalue weighted by molar-refractivity contribution is -0.126. The SMILES string of the molecule is C#Cc1cccc(N(CC(=O)NC)C(=O)[C@@H]2CC(=O)Nc3ccccc32)c1. The van der Waals surface area contributed by atoms with Gasteiger partial charge in [0.15, 0.2) is 0 Å². The third-order valence-corrected chi connectivity index (χ3v) is 4.47. The van der Waals surface area contributed by atoms with E-state index in [4.69, 9.17) is 6.42 Å². The molecule has 0 fully saturated rings. The summed E-state index contributed by atoms with van der Waals surface area (Å²) in [6.07, 6.45) is 5.48. The number of rotatable bonds is 4. The Hall–Kier alpha value is -3.59. The molecule has 3 amide bonds. The summed E-state index contributed by atoms with van der Waals surface area (Å²) in [6.45, 7) is -0.163. The van der Waals surface area contributed by atoms with Crippen LogP contribution in [-0.4, -0.2) is 31.3 Å². The molecule has 0 saturated carbocycles. The highest BCUT2D eigenvalue weighted by molar-refractivity contribution is 6.08. The molecule has 0 aromatic heterocycles. The van der Waals surface area contributed by atoms with Gasteiger partial charge in [-0.2, -0.15) is 0 Å². The van der Waals surface area contributed by atoms with Crippen molar-refractivity contribution in [3.63, 3.8) is 0 Å². The molecule has 136 valence electrons. The number of fused-ring (bicyclic) bond motifs is 1. The quantitative estimate of drug-likeness (QED) is 0.816. The molecule has 6 nitrogen and oxygen atoms in total. The number of nitrogens with zero attached hydrogens (tertiary/aromatic N) is 1. The van der Waals surface area contributed by atoms with E-state index in [1.54, 1.807) is 36.4 Å². The lowest BCUT2D eigenvalue weighted by Crippen LogP contribution is -2.43. The van der Waals surface area contributed by atoms with E-state index in [9.17, 15) is 14.4 Å². The van der Waals surface area contributed by atoms with Gasteiger partial charge in [0.2, 0.25) is 17.7 Å². The Morgan fingerprint density at radius 1 is 1.26 bits per heavy atom. The molecule has 6 heteroatoms. The summed E-state index contributed by atoms with van der Waals surface area (Å²) in [5.41, 5.74) is 2.47. The first-order valence-electron chi connectivity index (χ1n) is 8.51. The largest absolute Gasteiger partial charge is 0.358 e. The van der Waals surface area contributed by atoms with Crippen molar-refractivity contribution in [1.29, 1.82) is 0 Å². The number of hydrogen-bond acceptors (Lipinski definition) is 3. The summed E-state index contributed by atoms with van der Waals surface area (Å²) in [5, 5.41) is 5.31. The number of carbonyl (C=O) groups excluding carboxylic acids is 3. The van der Waals surface area contributed by atoms with Crippen LogP contribution in [0.1, 0.15) is 23.5 Å². The molecule has 1 aliphatic rings. The Bertz CT molecular complexity index is 946. The molecule has 0 saturated heterocycles. The van der Waals surface area contributed by atoms with Gasteiger partial charge in [0.05, 0.1) is 5.92 Å². The maximum absolute atomic E-state index is 13.4. The highest BCUT2D eigenvalue weighted by Gasteiger charge is 2.34. The molecule has 27 heavy (non-hydrogen) atoms. The third-order valence-electron chi connectivity index (χ3n) is 4.47. The van der Waals surface area contributed by atoms with Gasteiger partial charge < -0.3 is 15.5 Å². The van der Waals surface area contributed by atoms with Crippen molar-refractivity contribution in [2.75, 3.05) is 23.8 Å². The van der Waals surface area contributed by atoms with Crippen molar-refractivity contribution >= 4 is 29.1 Å². The van der Waals surface area contributed by atoms with Crippen LogP contribution in [0.5, 0.6) is 0 Å². The van der Waals surface area contributed by atoms with Gasteiger partial charge >= 0.3 is 0 Å². The molecule has 2 aromatic rings. The van der Waals surface area contributed by atoms with Gasteiger partial charge in [-0.1, -0.05) is 30.2 Å². The zero-order valence-electron chi connectivity index (χ0n) is 14.9. The van der Waals surface area contributed by atoms with Crippen LogP contribution in [0.2, 0.25) is 0 Å². The maximum atomic E-state index is 13.4. The Morgan fingerprint density at radius 3 is 2.78 bits per heavy atom. The minimum atomic E-state index is -0.672. The molecule has 0 aliphatic carbocycles. The minimum Gasteiger partial charge on any atom is -0.358 e. The maximum Gasteiger partial charge on any atom is 0.239 e. The van der Waals surface area contributed by atoms with Crippen LogP contribution >= 0.6 is 0 Å². The van der Waals surface area contributed by atoms with E-state index in [1.165, 1.54) is 11.9 Å². The molecular weight excluding hydrogens is 342 g/mol. The van der Waals surface area contributed by atoms with E-state index >= 15 is 0 Å². The Labute approximate surface area is 157 Å². The predicted octanol–water partition coefficient (Wildman–Crippen LogP) is 1.87. The van der Waals surface area contributed by atoms with E-state index < -0.39 is 5.92 Å². The minimum absolute atomic E-state index is 0.0227. The van der Waals surface area contributed by atoms with Gasteiger partial charge in [-0.25, -0.2) is 0 Å². The summed E-state index contributed by atoms with van der Waals surface area (Å²) in [7, 11) is 1.51. The third kappa shape index (κ3) is 3.82. The topological polar surface area (TPSA) is 78.5 Å². The van der Waals surface area contributed by atoms with Gasteiger partial charge in [-0.15, -0.1) is 6.42 Å². The fourth-order valence-corrected chi connectivity index (χ4v) is 3.10. The highest BCUT2D eigenvalue weighted by atomic mass is 16.2. The fraction of sp³-hybridized carbons (Fsp3) is 0.190. The lowest BCUT2D eigenvalue weighted by atomic mass is 9.89. The molecule has 0 bridgehead atoms. The van der Waals surface area contributed by atoms with Crippen molar-refractivity contribution in [2.24, 2.45) is 0 Å². The smallest absolute Gasteiger partial charge is 0.239 e. The molecule has 1 atom stereocenters. The number of anilines is 2. The predicted molar refractivity (Wildman–Crippen MR) is 103 cm³/mol. The second-order valence-corrected chi connectivity index (χ2v) is 6.18. The van der Waals surface area contributed by atoms with E-state index in [1.807, 2.05) is 12.1 Å². The molecule has 3 rings (SSSR count). The number of para-hydroxylation sites is 1. The average molecular weight is 361 g/mol. The Balaban J connectivity index is 2.02. The first-order valence-corrected chi connectivity index (χ1v) is 8.51. The number of nitrogens with one attached hydrogen (secondary N) is 2. The van der Waals surface area contributed by atoms with Crippen molar-refractivity contribution < 1.29 is 14.4 Å². The number of terminal acetylenes is 1. The zero-order chi connectivity index (χ0) is 19.4. The Kier molecular flexibility index (Phi) is 5.23. The second-order valence-electron chi connectivity index (χ2n) is 6.18. The van der Waals surface area contributed by atoms with E-state index in [0.717, 1.165) is 5.56 Å². The van der Waals surface area contributed by atoms with Gasteiger partial charge in [0.1, 0.15) is 6.54 Å². The number of hydrogen-bond donors (Lipinski definition) is 2. The lowest BCUT2D eigenvalue weighted by Gasteiger charge is -2.30. The van der Waals surface area contributed by atoms with E-state index in [-0.39, 0.29) is 30.7 Å². The molecule has 2 N–H and O–H groups in total. The monoisotopic (exact) mass is 361 g/mol. The van der Waals surface area contributed by atoms with Gasteiger partial charge in [0.25, 0.3) is 0 Å². The first-order chi connectivity index (χ1) is 13.0. The number of likely N-dealkylation sites (N-methyl/N-ethyl adjacent to an activating group) is 1. The van der Waals surface area contributed by atoms with E-state index in [0.29, 0.717) is 16.9 Å². The van der Waals surface area contributed by atoms with Crippen molar-refractivity contribution in [1.82, 2.24) is 5.32 Å². The van der Waals surface area contributed by atoms with Crippen LogP contribution in [0.25, 0.3) is 0 Å². The summed E-state index contributed by atoms with van der Waals surface area (Å²) < 4.78 is 0. The Morgan fingerprint density at radius 2 is 2.04 bits per heavy atom. The number of carbonyl (C=O) groups is 3. The van der Waals surface area contributed by atoms with Crippen LogP contribution in [0.3, 0.4) is 0 Å². The molecule has 0 spiro atoms. The molecule has 0 unspecified atom stereocenters.